The molecule has 3 rings (SSSR count). The smallest absolute Gasteiger partial charge is 0.357 e. The summed E-state index contributed by atoms with van der Waals surface area (Å²) in [6.45, 7) is 0.339. The highest BCUT2D eigenvalue weighted by atomic mass is 19.4. The molecule has 1 aromatic heterocycles. The SMILES string of the molecule is CNC(=O)C(c1ccc(F)cc1)N(CCCc1ccc(C(F)(F)F)nc1)c1cccc(C#N)c1. The number of alkyl halides is 3. The number of anilines is 1. The predicted molar refractivity (Wildman–Crippen MR) is 119 cm³/mol. The van der Waals surface area contributed by atoms with E-state index in [1.54, 1.807) is 29.2 Å². The van der Waals surface area contributed by atoms with Crippen molar-refractivity contribution in [3.8, 4) is 6.07 Å². The largest absolute Gasteiger partial charge is 0.433 e. The minimum atomic E-state index is -4.50. The van der Waals surface area contributed by atoms with Crippen LogP contribution in [0.3, 0.4) is 0 Å². The van der Waals surface area contributed by atoms with Gasteiger partial charge in [-0.3, -0.25) is 9.78 Å². The summed E-state index contributed by atoms with van der Waals surface area (Å²) < 4.78 is 51.8. The van der Waals surface area contributed by atoms with Crippen LogP contribution in [0.15, 0.2) is 66.9 Å². The summed E-state index contributed by atoms with van der Waals surface area (Å²) in [7, 11) is 1.50. The molecule has 0 fully saturated rings. The number of likely N-dealkylation sites (N-methyl/N-ethyl adjacent to an activating group) is 1. The minimum Gasteiger partial charge on any atom is -0.357 e. The summed E-state index contributed by atoms with van der Waals surface area (Å²) >= 11 is 0. The number of halogens is 4. The van der Waals surface area contributed by atoms with Crippen molar-refractivity contribution in [2.45, 2.75) is 25.1 Å². The molecule has 2 aromatic carbocycles. The van der Waals surface area contributed by atoms with Crippen molar-refractivity contribution >= 4 is 11.6 Å². The Bertz CT molecular complexity index is 1160. The lowest BCUT2D eigenvalue weighted by Crippen LogP contribution is -2.40. The van der Waals surface area contributed by atoms with E-state index in [9.17, 15) is 27.6 Å². The van der Waals surface area contributed by atoms with Crippen molar-refractivity contribution in [2.24, 2.45) is 0 Å². The van der Waals surface area contributed by atoms with Crippen LogP contribution >= 0.6 is 0 Å². The van der Waals surface area contributed by atoms with Gasteiger partial charge in [-0.15, -0.1) is 0 Å². The third kappa shape index (κ3) is 6.10. The molecule has 1 amide bonds. The highest BCUT2D eigenvalue weighted by molar-refractivity contribution is 5.86. The summed E-state index contributed by atoms with van der Waals surface area (Å²) in [5.41, 5.74) is 1.24. The van der Waals surface area contributed by atoms with Crippen molar-refractivity contribution < 1.29 is 22.4 Å². The van der Waals surface area contributed by atoms with Gasteiger partial charge in [-0.1, -0.05) is 24.3 Å². The van der Waals surface area contributed by atoms with Gasteiger partial charge in [0.05, 0.1) is 11.6 Å². The van der Waals surface area contributed by atoms with Gasteiger partial charge in [-0.2, -0.15) is 18.4 Å². The Labute approximate surface area is 194 Å². The molecule has 0 saturated heterocycles. The predicted octanol–water partition coefficient (Wildman–Crippen LogP) is 5.04. The first-order valence-electron chi connectivity index (χ1n) is 10.5. The molecule has 0 radical (unpaired) electrons. The van der Waals surface area contributed by atoms with E-state index in [2.05, 4.69) is 16.4 Å². The molecule has 1 heterocycles. The van der Waals surface area contributed by atoms with Gasteiger partial charge in [0, 0.05) is 25.5 Å². The fourth-order valence-electron chi connectivity index (χ4n) is 3.61. The van der Waals surface area contributed by atoms with Crippen LogP contribution in [0.25, 0.3) is 0 Å². The second kappa shape index (κ2) is 10.8. The second-order valence-electron chi connectivity index (χ2n) is 7.58. The number of nitriles is 1. The number of aromatic nitrogens is 1. The van der Waals surface area contributed by atoms with Crippen LogP contribution in [-0.2, 0) is 17.4 Å². The molecule has 9 heteroatoms. The molecule has 176 valence electrons. The molecule has 0 aliphatic carbocycles. The Hall–Kier alpha value is -3.93. The highest BCUT2D eigenvalue weighted by Gasteiger charge is 2.32. The van der Waals surface area contributed by atoms with Gasteiger partial charge in [0.25, 0.3) is 0 Å². The van der Waals surface area contributed by atoms with Crippen molar-refractivity contribution in [2.75, 3.05) is 18.5 Å². The lowest BCUT2D eigenvalue weighted by molar-refractivity contribution is -0.141. The lowest BCUT2D eigenvalue weighted by Gasteiger charge is -2.33. The standard InChI is InChI=1S/C25H22F4N4O/c1-31-24(34)23(19-8-10-20(26)11-9-19)33(21-6-2-4-18(14-21)15-30)13-3-5-17-7-12-22(32-16-17)25(27,28)29/h2,4,6-12,14,16,23H,3,5,13H2,1H3,(H,31,34). The Balaban J connectivity index is 1.89. The molecular formula is C25H22F4N4O. The maximum absolute atomic E-state index is 13.5. The van der Waals surface area contributed by atoms with E-state index in [0.29, 0.717) is 41.8 Å². The van der Waals surface area contributed by atoms with Crippen molar-refractivity contribution in [1.82, 2.24) is 10.3 Å². The van der Waals surface area contributed by atoms with E-state index in [1.165, 1.54) is 43.6 Å². The van der Waals surface area contributed by atoms with E-state index < -0.39 is 23.7 Å². The maximum atomic E-state index is 13.5. The number of carbonyl (C=O) groups excluding carboxylic acids is 1. The summed E-state index contributed by atoms with van der Waals surface area (Å²) in [5.74, 6) is -0.766. The van der Waals surface area contributed by atoms with E-state index in [-0.39, 0.29) is 5.91 Å². The summed E-state index contributed by atoms with van der Waals surface area (Å²) in [6, 6.07) is 15.9. The molecule has 0 aliphatic heterocycles. The molecule has 34 heavy (non-hydrogen) atoms. The maximum Gasteiger partial charge on any atom is 0.433 e. The number of amides is 1. The fraction of sp³-hybridized carbons (Fsp3) is 0.240. The van der Waals surface area contributed by atoms with Crippen LogP contribution in [0.4, 0.5) is 23.2 Å². The van der Waals surface area contributed by atoms with Gasteiger partial charge in [-0.05, 0) is 60.4 Å². The molecule has 0 saturated carbocycles. The van der Waals surface area contributed by atoms with Gasteiger partial charge in [-0.25, -0.2) is 4.39 Å². The van der Waals surface area contributed by atoms with E-state index in [0.717, 1.165) is 6.07 Å². The summed E-state index contributed by atoms with van der Waals surface area (Å²) in [6.07, 6.45) is -2.40. The van der Waals surface area contributed by atoms with Gasteiger partial charge >= 0.3 is 6.18 Å². The number of pyridine rings is 1. The number of nitrogens with zero attached hydrogens (tertiary/aromatic N) is 3. The Morgan fingerprint density at radius 3 is 2.47 bits per heavy atom. The third-order valence-electron chi connectivity index (χ3n) is 5.28. The quantitative estimate of drug-likeness (QED) is 0.469. The highest BCUT2D eigenvalue weighted by Crippen LogP contribution is 2.30. The molecule has 0 bridgehead atoms. The van der Waals surface area contributed by atoms with Crippen LogP contribution in [0, 0.1) is 17.1 Å². The van der Waals surface area contributed by atoms with Crippen LogP contribution < -0.4 is 10.2 Å². The normalized spacial score (nSPS) is 12.0. The number of hydrogen-bond acceptors (Lipinski definition) is 4. The van der Waals surface area contributed by atoms with Gasteiger partial charge in [0.1, 0.15) is 17.6 Å². The Morgan fingerprint density at radius 1 is 1.15 bits per heavy atom. The number of aryl methyl sites for hydroxylation is 1. The number of hydrogen-bond donors (Lipinski definition) is 1. The number of benzene rings is 2. The average molecular weight is 470 g/mol. The van der Waals surface area contributed by atoms with Crippen molar-refractivity contribution in [3.05, 3.63) is 95.1 Å². The molecule has 5 nitrogen and oxygen atoms in total. The number of rotatable bonds is 8. The zero-order valence-electron chi connectivity index (χ0n) is 18.3. The first kappa shape index (κ1) is 24.7. The molecule has 1 atom stereocenters. The molecule has 0 aliphatic rings. The van der Waals surface area contributed by atoms with Crippen molar-refractivity contribution in [3.63, 3.8) is 0 Å². The first-order valence-corrected chi connectivity index (χ1v) is 10.5. The minimum absolute atomic E-state index is 0.329. The van der Waals surface area contributed by atoms with Crippen LogP contribution in [0.5, 0.6) is 0 Å². The topological polar surface area (TPSA) is 69.0 Å². The van der Waals surface area contributed by atoms with E-state index >= 15 is 0 Å². The zero-order valence-corrected chi connectivity index (χ0v) is 18.3. The van der Waals surface area contributed by atoms with Gasteiger partial charge in [0.15, 0.2) is 0 Å². The molecule has 0 spiro atoms. The number of nitrogens with one attached hydrogen (secondary N) is 1. The lowest BCUT2D eigenvalue weighted by atomic mass is 10.0. The summed E-state index contributed by atoms with van der Waals surface area (Å²) in [5, 5.41) is 11.9. The second-order valence-corrected chi connectivity index (χ2v) is 7.58. The summed E-state index contributed by atoms with van der Waals surface area (Å²) in [4.78, 5) is 18.2. The Kier molecular flexibility index (Phi) is 7.84. The van der Waals surface area contributed by atoms with Gasteiger partial charge < -0.3 is 10.2 Å². The fourth-order valence-corrected chi connectivity index (χ4v) is 3.61. The molecular weight excluding hydrogens is 448 g/mol. The number of carbonyl (C=O) groups is 1. The van der Waals surface area contributed by atoms with Crippen LogP contribution in [0.2, 0.25) is 0 Å². The molecule has 1 N–H and O–H groups in total. The average Bonchev–Trinajstić information content (AvgIpc) is 2.84. The molecule has 3 aromatic rings. The third-order valence-corrected chi connectivity index (χ3v) is 5.28. The monoisotopic (exact) mass is 470 g/mol. The van der Waals surface area contributed by atoms with E-state index in [4.69, 9.17) is 0 Å². The van der Waals surface area contributed by atoms with Gasteiger partial charge in [0.2, 0.25) is 5.91 Å². The van der Waals surface area contributed by atoms with Crippen molar-refractivity contribution in [1.29, 1.82) is 5.26 Å². The zero-order chi connectivity index (χ0) is 24.7. The molecule has 1 unspecified atom stereocenters. The van der Waals surface area contributed by atoms with E-state index in [1.807, 2.05) is 0 Å². The Morgan fingerprint density at radius 2 is 1.88 bits per heavy atom. The van der Waals surface area contributed by atoms with Crippen LogP contribution in [0.1, 0.15) is 34.8 Å². The first-order chi connectivity index (χ1) is 16.2. The van der Waals surface area contributed by atoms with Crippen LogP contribution in [-0.4, -0.2) is 24.5 Å².